The summed E-state index contributed by atoms with van der Waals surface area (Å²) >= 11 is 0. The fraction of sp³-hybridized carbons (Fsp3) is 0.176. The summed E-state index contributed by atoms with van der Waals surface area (Å²) in [4.78, 5) is 20.1. The number of aromatic nitrogens is 4. The second-order valence-electron chi connectivity index (χ2n) is 5.64. The van der Waals surface area contributed by atoms with E-state index in [1.165, 1.54) is 36.7 Å². The van der Waals surface area contributed by atoms with Crippen molar-refractivity contribution in [2.75, 3.05) is 10.0 Å². The molecule has 2 aromatic heterocycles. The number of amides is 1. The average Bonchev–Trinajstić information content (AvgIpc) is 3.04. The van der Waals surface area contributed by atoms with Gasteiger partial charge in [0.05, 0.1) is 16.2 Å². The van der Waals surface area contributed by atoms with E-state index in [0.717, 1.165) is 0 Å². The molecule has 1 aromatic carbocycles. The first-order chi connectivity index (χ1) is 12.9. The van der Waals surface area contributed by atoms with Crippen molar-refractivity contribution in [2.45, 2.75) is 25.3 Å². The van der Waals surface area contributed by atoms with Crippen LogP contribution < -0.4 is 10.0 Å². The summed E-state index contributed by atoms with van der Waals surface area (Å²) in [6.45, 7) is 4.36. The van der Waals surface area contributed by atoms with E-state index in [4.69, 9.17) is 0 Å². The first kappa shape index (κ1) is 18.5. The molecule has 0 bridgehead atoms. The molecule has 3 aromatic rings. The van der Waals surface area contributed by atoms with Gasteiger partial charge in [0.2, 0.25) is 5.95 Å². The molecule has 0 aliphatic heterocycles. The Morgan fingerprint density at radius 1 is 1.15 bits per heavy atom. The molecule has 0 atom stereocenters. The van der Waals surface area contributed by atoms with E-state index >= 15 is 0 Å². The van der Waals surface area contributed by atoms with Gasteiger partial charge in [-0.05, 0) is 44.2 Å². The summed E-state index contributed by atoms with van der Waals surface area (Å²) in [7, 11) is -3.82. The molecule has 2 N–H and O–H groups in total. The van der Waals surface area contributed by atoms with Gasteiger partial charge in [-0.15, -0.1) is 0 Å². The topological polar surface area (TPSA) is 119 Å². The Hall–Kier alpha value is -3.27. The van der Waals surface area contributed by atoms with Crippen LogP contribution in [0.15, 0.2) is 53.8 Å². The van der Waals surface area contributed by atoms with Crippen molar-refractivity contribution >= 4 is 27.6 Å². The zero-order valence-corrected chi connectivity index (χ0v) is 15.6. The summed E-state index contributed by atoms with van der Waals surface area (Å²) in [6, 6.07) is 7.39. The predicted molar refractivity (Wildman–Crippen MR) is 99.9 cm³/mol. The number of hydrogen-bond donors (Lipinski definition) is 2. The van der Waals surface area contributed by atoms with Crippen molar-refractivity contribution in [3.8, 4) is 0 Å². The van der Waals surface area contributed by atoms with Crippen molar-refractivity contribution in [1.29, 1.82) is 0 Å². The molecule has 0 unspecified atom stereocenters. The van der Waals surface area contributed by atoms with Crippen LogP contribution in [0.25, 0.3) is 0 Å². The highest BCUT2D eigenvalue weighted by molar-refractivity contribution is 7.92. The molecule has 0 saturated carbocycles. The van der Waals surface area contributed by atoms with Crippen molar-refractivity contribution in [1.82, 2.24) is 19.7 Å². The van der Waals surface area contributed by atoms with Crippen molar-refractivity contribution in [3.63, 3.8) is 0 Å². The number of hydrogen-bond acceptors (Lipinski definition) is 6. The van der Waals surface area contributed by atoms with E-state index in [2.05, 4.69) is 25.1 Å². The largest absolute Gasteiger partial charge is 0.322 e. The summed E-state index contributed by atoms with van der Waals surface area (Å²) in [5, 5.41) is 6.97. The SMILES string of the molecule is CCn1cc(C(=O)Nc2ccc(S(=O)(=O)Nc3ncccn3)cc2)c(C)n1. The van der Waals surface area contributed by atoms with Gasteiger partial charge in [0.15, 0.2) is 0 Å². The van der Waals surface area contributed by atoms with Gasteiger partial charge in [0, 0.05) is 30.8 Å². The number of anilines is 2. The fourth-order valence-corrected chi connectivity index (χ4v) is 3.31. The molecule has 10 heteroatoms. The molecule has 2 heterocycles. The van der Waals surface area contributed by atoms with E-state index < -0.39 is 10.0 Å². The van der Waals surface area contributed by atoms with Crippen molar-refractivity contribution < 1.29 is 13.2 Å². The van der Waals surface area contributed by atoms with Gasteiger partial charge in [-0.1, -0.05) is 0 Å². The third-order valence-corrected chi connectivity index (χ3v) is 5.07. The Kier molecular flexibility index (Phi) is 5.17. The lowest BCUT2D eigenvalue weighted by Gasteiger charge is -2.08. The third-order valence-electron chi connectivity index (χ3n) is 3.73. The molecule has 9 nitrogen and oxygen atoms in total. The van der Waals surface area contributed by atoms with Gasteiger partial charge >= 0.3 is 0 Å². The molecule has 0 spiro atoms. The van der Waals surface area contributed by atoms with E-state index in [1.54, 1.807) is 23.9 Å². The number of rotatable bonds is 6. The molecule has 0 aliphatic carbocycles. The second kappa shape index (κ2) is 7.54. The van der Waals surface area contributed by atoms with Crippen LogP contribution >= 0.6 is 0 Å². The first-order valence-electron chi connectivity index (χ1n) is 8.14. The molecular formula is C17H18N6O3S. The highest BCUT2D eigenvalue weighted by Crippen LogP contribution is 2.17. The maximum Gasteiger partial charge on any atom is 0.264 e. The number of nitrogens with zero attached hydrogens (tertiary/aromatic N) is 4. The van der Waals surface area contributed by atoms with Gasteiger partial charge in [-0.2, -0.15) is 5.10 Å². The van der Waals surface area contributed by atoms with Crippen LogP contribution in [0.1, 0.15) is 23.0 Å². The summed E-state index contributed by atoms with van der Waals surface area (Å²) in [5.41, 5.74) is 1.57. The molecule has 140 valence electrons. The lowest BCUT2D eigenvalue weighted by atomic mass is 10.2. The minimum atomic E-state index is -3.82. The van der Waals surface area contributed by atoms with Crippen molar-refractivity contribution in [3.05, 3.63) is 60.2 Å². The van der Waals surface area contributed by atoms with Gasteiger partial charge in [0.1, 0.15) is 0 Å². The molecule has 0 radical (unpaired) electrons. The molecule has 3 rings (SSSR count). The number of aryl methyl sites for hydroxylation is 2. The molecule has 27 heavy (non-hydrogen) atoms. The van der Waals surface area contributed by atoms with Crippen LogP contribution in [0.5, 0.6) is 0 Å². The Morgan fingerprint density at radius 3 is 2.41 bits per heavy atom. The quantitative estimate of drug-likeness (QED) is 0.669. The highest BCUT2D eigenvalue weighted by Gasteiger charge is 2.17. The van der Waals surface area contributed by atoms with E-state index in [1.807, 2.05) is 6.92 Å². The summed E-state index contributed by atoms with van der Waals surface area (Å²) < 4.78 is 28.7. The summed E-state index contributed by atoms with van der Waals surface area (Å²) in [6.07, 6.45) is 4.55. The van der Waals surface area contributed by atoms with Crippen LogP contribution in [0, 0.1) is 6.92 Å². The van der Waals surface area contributed by atoms with Crippen LogP contribution in [-0.2, 0) is 16.6 Å². The Bertz CT molecular complexity index is 1050. The normalized spacial score (nSPS) is 11.2. The van der Waals surface area contributed by atoms with Gasteiger partial charge < -0.3 is 5.32 Å². The van der Waals surface area contributed by atoms with Crippen molar-refractivity contribution in [2.24, 2.45) is 0 Å². The number of sulfonamides is 1. The summed E-state index contributed by atoms with van der Waals surface area (Å²) in [5.74, 6) is -0.322. The number of carbonyl (C=O) groups excluding carboxylic acids is 1. The minimum Gasteiger partial charge on any atom is -0.322 e. The molecule has 1 amide bonds. The smallest absolute Gasteiger partial charge is 0.264 e. The minimum absolute atomic E-state index is 0.0155. The van der Waals surface area contributed by atoms with Gasteiger partial charge in [-0.3, -0.25) is 9.48 Å². The molecule has 0 saturated heterocycles. The maximum absolute atomic E-state index is 12.4. The highest BCUT2D eigenvalue weighted by atomic mass is 32.2. The van der Waals surface area contributed by atoms with E-state index in [9.17, 15) is 13.2 Å². The van der Waals surface area contributed by atoms with Crippen LogP contribution in [-0.4, -0.2) is 34.1 Å². The fourth-order valence-electron chi connectivity index (χ4n) is 2.35. The molecule has 0 fully saturated rings. The second-order valence-corrected chi connectivity index (χ2v) is 7.32. The maximum atomic E-state index is 12.4. The zero-order chi connectivity index (χ0) is 19.4. The van der Waals surface area contributed by atoms with Gasteiger partial charge in [0.25, 0.3) is 15.9 Å². The zero-order valence-electron chi connectivity index (χ0n) is 14.7. The monoisotopic (exact) mass is 386 g/mol. The standard InChI is InChI=1S/C17H18N6O3S/c1-3-23-11-15(12(2)21-23)16(24)20-13-5-7-14(8-6-13)27(25,26)22-17-18-9-4-10-19-17/h4-11H,3H2,1-2H3,(H,20,24)(H,18,19,22). The number of nitrogens with one attached hydrogen (secondary N) is 2. The lowest BCUT2D eigenvalue weighted by molar-refractivity contribution is 0.102. The Labute approximate surface area is 156 Å². The Morgan fingerprint density at radius 2 is 1.81 bits per heavy atom. The predicted octanol–water partition coefficient (Wildman–Crippen LogP) is 2.05. The van der Waals surface area contributed by atoms with E-state index in [0.29, 0.717) is 23.5 Å². The van der Waals surface area contributed by atoms with Crippen LogP contribution in [0.3, 0.4) is 0 Å². The Balaban J connectivity index is 1.73. The average molecular weight is 386 g/mol. The molecule has 0 aliphatic rings. The number of benzene rings is 1. The van der Waals surface area contributed by atoms with E-state index in [-0.39, 0.29) is 16.8 Å². The first-order valence-corrected chi connectivity index (χ1v) is 9.62. The van der Waals surface area contributed by atoms with Gasteiger partial charge in [-0.25, -0.2) is 23.1 Å². The van der Waals surface area contributed by atoms with Crippen LogP contribution in [0.2, 0.25) is 0 Å². The lowest BCUT2D eigenvalue weighted by Crippen LogP contribution is -2.15. The third kappa shape index (κ3) is 4.29. The molecular weight excluding hydrogens is 368 g/mol. The van der Waals surface area contributed by atoms with Crippen LogP contribution in [0.4, 0.5) is 11.6 Å². The number of carbonyl (C=O) groups is 1.